The van der Waals surface area contributed by atoms with Gasteiger partial charge in [-0.2, -0.15) is 0 Å². The number of esters is 3. The quantitative estimate of drug-likeness (QED) is 0.344. The topological polar surface area (TPSA) is 136 Å². The van der Waals surface area contributed by atoms with Gasteiger partial charge in [0.2, 0.25) is 5.78 Å². The van der Waals surface area contributed by atoms with Crippen LogP contribution in [0.3, 0.4) is 0 Å². The van der Waals surface area contributed by atoms with Crippen LogP contribution in [0.15, 0.2) is 34.4 Å². The first-order valence-electron chi connectivity index (χ1n) is 11.6. The molecule has 0 aliphatic heterocycles. The van der Waals surface area contributed by atoms with Gasteiger partial charge >= 0.3 is 17.9 Å². The van der Waals surface area contributed by atoms with Gasteiger partial charge in [0.15, 0.2) is 6.10 Å². The van der Waals surface area contributed by atoms with Gasteiger partial charge in [-0.3, -0.25) is 19.2 Å². The molecule has 2 aliphatic carbocycles. The molecule has 0 unspecified atom stereocenters. The highest BCUT2D eigenvalue weighted by Gasteiger charge is 2.51. The molecular weight excluding hydrogens is 456 g/mol. The van der Waals surface area contributed by atoms with E-state index in [1.807, 2.05) is 13.8 Å². The summed E-state index contributed by atoms with van der Waals surface area (Å²) in [5, 5.41) is 20.7. The van der Waals surface area contributed by atoms with Crippen molar-refractivity contribution in [1.29, 1.82) is 0 Å². The average molecular weight is 493 g/mol. The first-order valence-corrected chi connectivity index (χ1v) is 11.6. The third-order valence-electron chi connectivity index (χ3n) is 6.81. The summed E-state index contributed by atoms with van der Waals surface area (Å²) in [5.41, 5.74) is 0.659. The predicted molar refractivity (Wildman–Crippen MR) is 126 cm³/mol. The Bertz CT molecular complexity index is 969. The first-order chi connectivity index (χ1) is 16.2. The van der Waals surface area contributed by atoms with Crippen LogP contribution in [0.25, 0.3) is 0 Å². The van der Waals surface area contributed by atoms with Crippen LogP contribution in [0.4, 0.5) is 0 Å². The second kappa shape index (κ2) is 11.3. The van der Waals surface area contributed by atoms with Crippen LogP contribution in [-0.2, 0) is 33.4 Å². The van der Waals surface area contributed by atoms with E-state index in [0.717, 1.165) is 0 Å². The summed E-state index contributed by atoms with van der Waals surface area (Å²) in [6.45, 7) is 10.2. The molecule has 0 spiro atoms. The average Bonchev–Trinajstić information content (AvgIpc) is 2.73. The van der Waals surface area contributed by atoms with Crippen LogP contribution >= 0.6 is 0 Å². The van der Waals surface area contributed by atoms with E-state index in [-0.39, 0.29) is 24.0 Å². The number of ether oxygens (including phenoxy) is 3. The number of carbonyl (C=O) groups excluding carboxylic acids is 4. The van der Waals surface area contributed by atoms with Crippen molar-refractivity contribution >= 4 is 23.7 Å². The largest absolute Gasteiger partial charge is 0.458 e. The van der Waals surface area contributed by atoms with E-state index >= 15 is 0 Å². The molecule has 0 saturated heterocycles. The summed E-state index contributed by atoms with van der Waals surface area (Å²) in [6, 6.07) is 0. The van der Waals surface area contributed by atoms with Gasteiger partial charge in [0.1, 0.15) is 12.2 Å². The SMILES string of the molecule is CC(=O)O[C@H]1C(=O)/C(C)=C/C[C@H](O)/C(CO)=C/[C@H](OC(C)=O)[C@@H]2C[C@H](OC(C)=O)C(C)=C1C2(C)C. The molecule has 0 saturated carbocycles. The van der Waals surface area contributed by atoms with Crippen molar-refractivity contribution in [3.05, 3.63) is 34.4 Å². The number of hydrogen-bond donors (Lipinski definition) is 2. The molecule has 0 amide bonds. The summed E-state index contributed by atoms with van der Waals surface area (Å²) in [4.78, 5) is 49.6. The Morgan fingerprint density at radius 3 is 2.11 bits per heavy atom. The monoisotopic (exact) mass is 492 g/mol. The van der Waals surface area contributed by atoms with Crippen LogP contribution in [0, 0.1) is 11.3 Å². The highest BCUT2D eigenvalue weighted by Crippen LogP contribution is 2.50. The number of Topliss-reactive ketones (excluding diaryl/α,β-unsaturated/α-hetero) is 1. The molecule has 9 nitrogen and oxygen atoms in total. The molecule has 9 heteroatoms. The lowest BCUT2D eigenvalue weighted by molar-refractivity contribution is -0.156. The minimum atomic E-state index is -1.30. The minimum Gasteiger partial charge on any atom is -0.458 e. The van der Waals surface area contributed by atoms with Gasteiger partial charge in [0, 0.05) is 26.7 Å². The first kappa shape index (κ1) is 28.5. The number of rotatable bonds is 4. The Morgan fingerprint density at radius 1 is 1.03 bits per heavy atom. The lowest BCUT2D eigenvalue weighted by Gasteiger charge is -2.48. The summed E-state index contributed by atoms with van der Waals surface area (Å²) in [5.74, 6) is -2.81. The Morgan fingerprint density at radius 2 is 1.60 bits per heavy atom. The molecule has 194 valence electrons. The van der Waals surface area contributed by atoms with Gasteiger partial charge in [-0.15, -0.1) is 0 Å². The molecule has 0 radical (unpaired) electrons. The zero-order valence-corrected chi connectivity index (χ0v) is 21.4. The minimum absolute atomic E-state index is 0.0196. The lowest BCUT2D eigenvalue weighted by atomic mass is 9.60. The van der Waals surface area contributed by atoms with Crippen LogP contribution in [-0.4, -0.2) is 64.9 Å². The van der Waals surface area contributed by atoms with Crippen molar-refractivity contribution in [3.63, 3.8) is 0 Å². The number of hydrogen-bond acceptors (Lipinski definition) is 9. The zero-order valence-electron chi connectivity index (χ0n) is 21.4. The van der Waals surface area contributed by atoms with Crippen molar-refractivity contribution < 1.29 is 43.6 Å². The third kappa shape index (κ3) is 6.46. The van der Waals surface area contributed by atoms with E-state index in [1.165, 1.54) is 32.9 Å². The molecule has 0 aromatic carbocycles. The van der Waals surface area contributed by atoms with Crippen LogP contribution < -0.4 is 0 Å². The Labute approximate surface area is 205 Å². The van der Waals surface area contributed by atoms with Crippen LogP contribution in [0.5, 0.6) is 0 Å². The fourth-order valence-electron chi connectivity index (χ4n) is 5.07. The van der Waals surface area contributed by atoms with Crippen molar-refractivity contribution in [2.24, 2.45) is 11.3 Å². The second-order valence-corrected chi connectivity index (χ2v) is 9.72. The predicted octanol–water partition coefficient (Wildman–Crippen LogP) is 2.34. The van der Waals surface area contributed by atoms with Crippen molar-refractivity contribution in [2.75, 3.05) is 6.61 Å². The molecule has 0 aromatic rings. The molecule has 2 rings (SSSR count). The zero-order chi connectivity index (χ0) is 26.7. The van der Waals surface area contributed by atoms with Crippen molar-refractivity contribution in [3.8, 4) is 0 Å². The summed E-state index contributed by atoms with van der Waals surface area (Å²) in [7, 11) is 0. The molecule has 2 bridgehead atoms. The van der Waals surface area contributed by atoms with Crippen molar-refractivity contribution in [2.45, 2.75) is 85.7 Å². The molecule has 0 fully saturated rings. The number of ketones is 1. The number of fused-ring (bicyclic) bond motifs is 2. The van der Waals surface area contributed by atoms with Gasteiger partial charge in [-0.05, 0) is 60.5 Å². The van der Waals surface area contributed by atoms with Gasteiger partial charge in [-0.1, -0.05) is 19.9 Å². The standard InChI is InChI=1S/C26H36O9/c1-13-8-9-20(31)18(12-27)10-22(34-16(4)29)19-11-21(33-15(3)28)14(2)23(26(19,6)7)25(24(13)32)35-17(5)30/h8,10,19-22,25,27,31H,9,11-12H2,1-7H3/b13-8+,18-10+/t19-,20-,21-,22-,25+/m0/s1. The molecule has 0 aromatic heterocycles. The van der Waals surface area contributed by atoms with Gasteiger partial charge in [0.25, 0.3) is 0 Å². The van der Waals surface area contributed by atoms with E-state index in [1.54, 1.807) is 13.8 Å². The summed E-state index contributed by atoms with van der Waals surface area (Å²) < 4.78 is 16.8. The van der Waals surface area contributed by atoms with Crippen LogP contribution in [0.2, 0.25) is 0 Å². The maximum atomic E-state index is 13.6. The van der Waals surface area contributed by atoms with E-state index in [0.29, 0.717) is 11.1 Å². The maximum absolute atomic E-state index is 13.6. The van der Waals surface area contributed by atoms with E-state index in [2.05, 4.69) is 0 Å². The van der Waals surface area contributed by atoms with Gasteiger partial charge < -0.3 is 24.4 Å². The summed E-state index contributed by atoms with van der Waals surface area (Å²) in [6.07, 6.45) is -0.842. The third-order valence-corrected chi connectivity index (χ3v) is 6.81. The van der Waals surface area contributed by atoms with E-state index < -0.39 is 66.0 Å². The fourth-order valence-corrected chi connectivity index (χ4v) is 5.07. The molecule has 2 N–H and O–H groups in total. The van der Waals surface area contributed by atoms with Crippen LogP contribution in [0.1, 0.15) is 61.3 Å². The number of aliphatic hydroxyl groups excluding tert-OH is 2. The normalized spacial score (nSPS) is 32.1. The molecule has 0 heterocycles. The molecular formula is C26H36O9. The maximum Gasteiger partial charge on any atom is 0.303 e. The molecule has 5 atom stereocenters. The van der Waals surface area contributed by atoms with Gasteiger partial charge in [0.05, 0.1) is 12.7 Å². The number of carbonyl (C=O) groups is 4. The summed E-state index contributed by atoms with van der Waals surface area (Å²) >= 11 is 0. The second-order valence-electron chi connectivity index (χ2n) is 9.72. The highest BCUT2D eigenvalue weighted by molar-refractivity contribution is 6.01. The lowest BCUT2D eigenvalue weighted by Crippen LogP contribution is -2.49. The Kier molecular flexibility index (Phi) is 9.19. The highest BCUT2D eigenvalue weighted by atomic mass is 16.6. The van der Waals surface area contributed by atoms with E-state index in [4.69, 9.17) is 14.2 Å². The molecule has 35 heavy (non-hydrogen) atoms. The van der Waals surface area contributed by atoms with Gasteiger partial charge in [-0.25, -0.2) is 0 Å². The fraction of sp³-hybridized carbons (Fsp3) is 0.615. The van der Waals surface area contributed by atoms with E-state index in [9.17, 15) is 29.4 Å². The Balaban J connectivity index is 2.90. The Hall–Kier alpha value is -2.78. The van der Waals surface area contributed by atoms with Crippen molar-refractivity contribution in [1.82, 2.24) is 0 Å². The molecule has 2 aliphatic rings. The number of aliphatic hydroxyl groups is 2. The smallest absolute Gasteiger partial charge is 0.303 e.